The second-order valence-electron chi connectivity index (χ2n) is 4.75. The van der Waals surface area contributed by atoms with Crippen LogP contribution in [0.1, 0.15) is 31.8 Å². The van der Waals surface area contributed by atoms with Crippen molar-refractivity contribution in [2.75, 3.05) is 0 Å². The maximum atomic E-state index is 6.17. The summed E-state index contributed by atoms with van der Waals surface area (Å²) in [6.45, 7) is 6.38. The van der Waals surface area contributed by atoms with Crippen LogP contribution in [0.3, 0.4) is 0 Å². The van der Waals surface area contributed by atoms with Crippen molar-refractivity contribution >= 4 is 22.7 Å². The van der Waals surface area contributed by atoms with E-state index in [4.69, 9.17) is 5.73 Å². The minimum absolute atomic E-state index is 0.0220. The molecule has 0 saturated carbocycles. The average molecular weight is 253 g/mol. The number of aromatic nitrogens is 2. The molecule has 0 amide bonds. The van der Waals surface area contributed by atoms with Crippen molar-refractivity contribution < 1.29 is 0 Å². The molecule has 0 aliphatic heterocycles. The molecule has 86 valence electrons. The van der Waals surface area contributed by atoms with Gasteiger partial charge in [0.25, 0.3) is 0 Å². The van der Waals surface area contributed by atoms with E-state index < -0.39 is 0 Å². The summed E-state index contributed by atoms with van der Waals surface area (Å²) in [6.07, 6.45) is 1.79. The van der Waals surface area contributed by atoms with Gasteiger partial charge in [-0.15, -0.1) is 22.7 Å². The number of thiazole rings is 2. The Labute approximate surface area is 103 Å². The second kappa shape index (κ2) is 4.24. The molecule has 2 heterocycles. The highest BCUT2D eigenvalue weighted by Gasteiger charge is 2.25. The minimum atomic E-state index is -0.0220. The molecule has 0 fully saturated rings. The molecular formula is C11H15N3S2. The number of nitrogens with zero attached hydrogens (tertiary/aromatic N) is 2. The quantitative estimate of drug-likeness (QED) is 0.893. The Morgan fingerprint density at radius 1 is 1.31 bits per heavy atom. The summed E-state index contributed by atoms with van der Waals surface area (Å²) in [5.74, 6) is 0. The fourth-order valence-corrected chi connectivity index (χ4v) is 2.97. The van der Waals surface area contributed by atoms with Crippen molar-refractivity contribution in [3.05, 3.63) is 22.0 Å². The van der Waals surface area contributed by atoms with E-state index in [-0.39, 0.29) is 11.5 Å². The zero-order valence-corrected chi connectivity index (χ0v) is 11.2. The molecule has 1 unspecified atom stereocenters. The minimum Gasteiger partial charge on any atom is -0.322 e. The fraction of sp³-hybridized carbons (Fsp3) is 0.455. The molecule has 16 heavy (non-hydrogen) atoms. The predicted molar refractivity (Wildman–Crippen MR) is 69.6 cm³/mol. The molecular weight excluding hydrogens is 238 g/mol. The van der Waals surface area contributed by atoms with Crippen LogP contribution in [0.15, 0.2) is 17.0 Å². The van der Waals surface area contributed by atoms with Gasteiger partial charge in [-0.25, -0.2) is 9.97 Å². The van der Waals surface area contributed by atoms with Crippen LogP contribution in [0.25, 0.3) is 10.7 Å². The van der Waals surface area contributed by atoms with E-state index in [9.17, 15) is 0 Å². The third-order valence-corrected chi connectivity index (χ3v) is 4.10. The lowest BCUT2D eigenvalue weighted by Crippen LogP contribution is -2.26. The number of nitrogens with two attached hydrogens (primary N) is 1. The van der Waals surface area contributed by atoms with Crippen LogP contribution >= 0.6 is 22.7 Å². The van der Waals surface area contributed by atoms with Gasteiger partial charge in [0.1, 0.15) is 15.7 Å². The first-order chi connectivity index (χ1) is 7.48. The molecule has 0 aliphatic rings. The van der Waals surface area contributed by atoms with E-state index >= 15 is 0 Å². The largest absolute Gasteiger partial charge is 0.322 e. The molecule has 1 atom stereocenters. The Morgan fingerprint density at radius 3 is 2.62 bits per heavy atom. The Bertz CT molecular complexity index is 454. The van der Waals surface area contributed by atoms with Crippen molar-refractivity contribution in [2.45, 2.75) is 26.8 Å². The SMILES string of the molecule is CC(C)(C)C(N)c1nc(-c2nccs2)cs1. The van der Waals surface area contributed by atoms with Crippen molar-refractivity contribution in [1.29, 1.82) is 0 Å². The highest BCUT2D eigenvalue weighted by molar-refractivity contribution is 7.14. The molecule has 0 saturated heterocycles. The van der Waals surface area contributed by atoms with Crippen molar-refractivity contribution in [3.63, 3.8) is 0 Å². The van der Waals surface area contributed by atoms with Crippen molar-refractivity contribution in [2.24, 2.45) is 11.1 Å². The first-order valence-electron chi connectivity index (χ1n) is 5.09. The van der Waals surface area contributed by atoms with Gasteiger partial charge in [0.2, 0.25) is 0 Å². The van der Waals surface area contributed by atoms with Crippen LogP contribution in [-0.2, 0) is 0 Å². The highest BCUT2D eigenvalue weighted by Crippen LogP contribution is 2.34. The van der Waals surface area contributed by atoms with Crippen LogP contribution in [0.2, 0.25) is 0 Å². The lowest BCUT2D eigenvalue weighted by molar-refractivity contribution is 0.326. The number of rotatable bonds is 2. The third kappa shape index (κ3) is 2.31. The van der Waals surface area contributed by atoms with Crippen molar-refractivity contribution in [3.8, 4) is 10.7 Å². The van der Waals surface area contributed by atoms with E-state index in [1.165, 1.54) is 0 Å². The maximum absolute atomic E-state index is 6.17. The van der Waals surface area contributed by atoms with Crippen molar-refractivity contribution in [1.82, 2.24) is 9.97 Å². The zero-order chi connectivity index (χ0) is 11.8. The first kappa shape index (κ1) is 11.7. The van der Waals surface area contributed by atoms with Crippen LogP contribution in [0.5, 0.6) is 0 Å². The molecule has 2 aromatic rings. The molecule has 2 rings (SSSR count). The van der Waals surface area contributed by atoms with Gasteiger partial charge >= 0.3 is 0 Å². The Hall–Kier alpha value is -0.780. The summed E-state index contributed by atoms with van der Waals surface area (Å²) in [5, 5.41) is 5.93. The highest BCUT2D eigenvalue weighted by atomic mass is 32.1. The summed E-state index contributed by atoms with van der Waals surface area (Å²) in [7, 11) is 0. The van der Waals surface area contributed by atoms with E-state index in [0.717, 1.165) is 15.7 Å². The monoisotopic (exact) mass is 253 g/mol. The Morgan fingerprint density at radius 2 is 2.06 bits per heavy atom. The topological polar surface area (TPSA) is 51.8 Å². The Kier molecular flexibility index (Phi) is 3.10. The summed E-state index contributed by atoms with van der Waals surface area (Å²) >= 11 is 3.21. The van der Waals surface area contributed by atoms with Crippen LogP contribution in [-0.4, -0.2) is 9.97 Å². The van der Waals surface area contributed by atoms with Gasteiger partial charge in [-0.05, 0) is 5.41 Å². The van der Waals surface area contributed by atoms with E-state index in [0.29, 0.717) is 0 Å². The average Bonchev–Trinajstić information content (AvgIpc) is 2.85. The molecule has 0 spiro atoms. The van der Waals surface area contributed by atoms with Gasteiger partial charge in [0.05, 0.1) is 6.04 Å². The molecule has 2 aromatic heterocycles. The van der Waals surface area contributed by atoms with E-state index in [1.54, 1.807) is 28.9 Å². The van der Waals surface area contributed by atoms with Gasteiger partial charge in [-0.1, -0.05) is 20.8 Å². The molecule has 0 aromatic carbocycles. The molecule has 0 bridgehead atoms. The lowest BCUT2D eigenvalue weighted by Gasteiger charge is -2.24. The second-order valence-corrected chi connectivity index (χ2v) is 6.54. The third-order valence-electron chi connectivity index (χ3n) is 2.37. The summed E-state index contributed by atoms with van der Waals surface area (Å²) in [5.41, 5.74) is 7.15. The fourth-order valence-electron chi connectivity index (χ4n) is 1.25. The van der Waals surface area contributed by atoms with Gasteiger partial charge in [-0.2, -0.15) is 0 Å². The van der Waals surface area contributed by atoms with Gasteiger partial charge < -0.3 is 5.73 Å². The molecule has 0 radical (unpaired) electrons. The summed E-state index contributed by atoms with van der Waals surface area (Å²) < 4.78 is 0. The smallest absolute Gasteiger partial charge is 0.142 e. The number of hydrogen-bond acceptors (Lipinski definition) is 5. The normalized spacial score (nSPS) is 14.0. The molecule has 2 N–H and O–H groups in total. The summed E-state index contributed by atoms with van der Waals surface area (Å²) in [4.78, 5) is 8.80. The number of hydrogen-bond donors (Lipinski definition) is 1. The maximum Gasteiger partial charge on any atom is 0.142 e. The zero-order valence-electron chi connectivity index (χ0n) is 9.60. The molecule has 3 nitrogen and oxygen atoms in total. The predicted octanol–water partition coefficient (Wildman–Crippen LogP) is 3.31. The first-order valence-corrected chi connectivity index (χ1v) is 6.85. The van der Waals surface area contributed by atoms with E-state index in [1.807, 2.05) is 10.8 Å². The Balaban J connectivity index is 2.27. The van der Waals surface area contributed by atoms with Crippen LogP contribution < -0.4 is 5.73 Å². The van der Waals surface area contributed by atoms with E-state index in [2.05, 4.69) is 30.7 Å². The molecule has 5 heteroatoms. The summed E-state index contributed by atoms with van der Waals surface area (Å²) in [6, 6.07) is -0.0220. The standard InChI is InChI=1S/C11H15N3S2/c1-11(2,3)8(12)10-14-7(6-16-10)9-13-4-5-15-9/h4-6,8H,12H2,1-3H3. The van der Waals surface area contributed by atoms with Gasteiger partial charge in [0, 0.05) is 17.0 Å². The van der Waals surface area contributed by atoms with Gasteiger partial charge in [0.15, 0.2) is 0 Å². The van der Waals surface area contributed by atoms with Gasteiger partial charge in [-0.3, -0.25) is 0 Å². The van der Waals surface area contributed by atoms with Crippen LogP contribution in [0, 0.1) is 5.41 Å². The van der Waals surface area contributed by atoms with Crippen LogP contribution in [0.4, 0.5) is 0 Å². The molecule has 0 aliphatic carbocycles. The lowest BCUT2D eigenvalue weighted by atomic mass is 9.88.